The summed E-state index contributed by atoms with van der Waals surface area (Å²) in [5.41, 5.74) is 0.716. The number of amides is 1. The fourth-order valence-electron chi connectivity index (χ4n) is 5.61. The lowest BCUT2D eigenvalue weighted by molar-refractivity contribution is -0.126. The van der Waals surface area contributed by atoms with E-state index in [0.29, 0.717) is 66.3 Å². The average Bonchev–Trinajstić information content (AvgIpc) is 3.58. The molecule has 2 aliphatic heterocycles. The largest absolute Gasteiger partial charge is 0.462 e. The topological polar surface area (TPSA) is 113 Å². The molecule has 0 spiro atoms. The van der Waals surface area contributed by atoms with Gasteiger partial charge in [0.15, 0.2) is 5.75 Å². The maximum Gasteiger partial charge on any atom is 0.319 e. The van der Waals surface area contributed by atoms with Crippen LogP contribution in [0.4, 0.5) is 10.2 Å². The van der Waals surface area contributed by atoms with Crippen molar-refractivity contribution in [3.8, 4) is 17.6 Å². The lowest BCUT2D eigenvalue weighted by Gasteiger charge is -2.35. The maximum absolute atomic E-state index is 14.7. The van der Waals surface area contributed by atoms with Gasteiger partial charge in [-0.3, -0.25) is 14.8 Å². The number of aromatic nitrogens is 5. The number of likely N-dealkylation sites (N-methyl/N-ethyl adjacent to an activating group) is 1. The average molecular weight is 615 g/mol. The van der Waals surface area contributed by atoms with Gasteiger partial charge in [0.25, 0.3) is 0 Å². The Labute approximate surface area is 251 Å². The Morgan fingerprint density at radius 3 is 2.69 bits per heavy atom. The van der Waals surface area contributed by atoms with Gasteiger partial charge in [-0.25, -0.2) is 4.39 Å². The molecule has 2 saturated heterocycles. The van der Waals surface area contributed by atoms with Crippen molar-refractivity contribution in [3.63, 3.8) is 0 Å². The fourth-order valence-corrected chi connectivity index (χ4v) is 5.99. The van der Waals surface area contributed by atoms with Gasteiger partial charge in [-0.1, -0.05) is 36.7 Å². The third-order valence-electron chi connectivity index (χ3n) is 7.74. The third kappa shape index (κ3) is 5.41. The van der Waals surface area contributed by atoms with Crippen LogP contribution in [0.2, 0.25) is 10.2 Å². The van der Waals surface area contributed by atoms with Gasteiger partial charge in [0, 0.05) is 44.8 Å². The van der Waals surface area contributed by atoms with Crippen LogP contribution in [-0.2, 0) is 4.79 Å². The number of ether oxygens (including phenoxy) is 2. The number of carbonyl (C=O) groups excluding carboxylic acids is 1. The molecule has 0 radical (unpaired) electrons. The lowest BCUT2D eigenvalue weighted by atomic mass is 10.1. The van der Waals surface area contributed by atoms with Crippen LogP contribution in [0.3, 0.4) is 0 Å². The van der Waals surface area contributed by atoms with Crippen LogP contribution >= 0.6 is 23.2 Å². The van der Waals surface area contributed by atoms with E-state index < -0.39 is 5.82 Å². The Balaban J connectivity index is 1.42. The van der Waals surface area contributed by atoms with E-state index in [0.717, 1.165) is 13.0 Å². The molecular formula is C28H29Cl2FN8O3. The number of H-pyrrole nitrogens is 1. The summed E-state index contributed by atoms with van der Waals surface area (Å²) in [6.45, 7) is 9.18. The van der Waals surface area contributed by atoms with Crippen molar-refractivity contribution in [2.24, 2.45) is 5.92 Å². The molecule has 6 rings (SSSR count). The number of fused-ring (bicyclic) bond motifs is 2. The fraction of sp³-hybridized carbons (Fsp3) is 0.393. The van der Waals surface area contributed by atoms with Crippen LogP contribution in [-0.4, -0.2) is 93.3 Å². The molecule has 1 aromatic carbocycles. The summed E-state index contributed by atoms with van der Waals surface area (Å²) in [6.07, 6.45) is 3.80. The van der Waals surface area contributed by atoms with E-state index in [1.165, 1.54) is 18.3 Å². The van der Waals surface area contributed by atoms with Crippen molar-refractivity contribution < 1.29 is 18.7 Å². The summed E-state index contributed by atoms with van der Waals surface area (Å²) >= 11 is 12.8. The van der Waals surface area contributed by atoms with Crippen molar-refractivity contribution in [2.75, 3.05) is 51.3 Å². The monoisotopic (exact) mass is 614 g/mol. The standard InChI is InChI=1S/C28H29Cl2FN8O3/c1-4-22(40)38-5-7-39(8-6-38)26-17-10-21(29)33-27(42-25-18-12-32-36-20(18)11-19(31)23(25)30)24(17)34-28(35-26)41-14-16-9-15(2)13-37(16)3/h4,10-12,15-16H,1,5-9,13-14H2,2-3H3,(H,32,36)/t15-,16+/m1/s1. The summed E-state index contributed by atoms with van der Waals surface area (Å²) in [4.78, 5) is 32.1. The zero-order valence-electron chi connectivity index (χ0n) is 23.1. The SMILES string of the molecule is C=CC(=O)N1CCN(c2nc(OC[C@@H]3C[C@@H](C)CN3C)nc3c(Oc4c(Cl)c(F)cc5[nH]ncc45)nc(Cl)cc23)CC1. The Kier molecular flexibility index (Phi) is 7.77. The van der Waals surface area contributed by atoms with Gasteiger partial charge in [-0.2, -0.15) is 20.1 Å². The number of nitrogens with one attached hydrogen (secondary N) is 1. The lowest BCUT2D eigenvalue weighted by Crippen LogP contribution is -2.48. The summed E-state index contributed by atoms with van der Waals surface area (Å²) < 4.78 is 27.0. The zero-order chi connectivity index (χ0) is 29.5. The number of rotatable bonds is 7. The van der Waals surface area contributed by atoms with Crippen LogP contribution in [0.5, 0.6) is 17.6 Å². The highest BCUT2D eigenvalue weighted by Crippen LogP contribution is 2.41. The summed E-state index contributed by atoms with van der Waals surface area (Å²) in [7, 11) is 2.07. The van der Waals surface area contributed by atoms with Crippen LogP contribution in [0.15, 0.2) is 31.0 Å². The highest BCUT2D eigenvalue weighted by atomic mass is 35.5. The molecule has 2 fully saturated rings. The minimum Gasteiger partial charge on any atom is -0.462 e. The molecule has 3 aromatic heterocycles. The molecule has 14 heteroatoms. The number of aromatic amines is 1. The van der Waals surface area contributed by atoms with Crippen molar-refractivity contribution in [3.05, 3.63) is 47.0 Å². The number of pyridine rings is 1. The molecule has 4 aromatic rings. The highest BCUT2D eigenvalue weighted by molar-refractivity contribution is 6.33. The molecule has 11 nitrogen and oxygen atoms in total. The van der Waals surface area contributed by atoms with Gasteiger partial charge in [0.1, 0.15) is 33.9 Å². The molecule has 0 unspecified atom stereocenters. The Hall–Kier alpha value is -3.74. The number of anilines is 1. The van der Waals surface area contributed by atoms with Crippen LogP contribution in [0.1, 0.15) is 13.3 Å². The smallest absolute Gasteiger partial charge is 0.319 e. The number of nitrogens with zero attached hydrogens (tertiary/aromatic N) is 7. The molecular weight excluding hydrogens is 586 g/mol. The van der Waals surface area contributed by atoms with Crippen LogP contribution < -0.4 is 14.4 Å². The van der Waals surface area contributed by atoms with Crippen molar-refractivity contribution in [1.29, 1.82) is 0 Å². The second-order valence-electron chi connectivity index (χ2n) is 10.7. The van der Waals surface area contributed by atoms with Gasteiger partial charge in [0.05, 0.1) is 22.5 Å². The highest BCUT2D eigenvalue weighted by Gasteiger charge is 2.29. The number of likely N-dealkylation sites (tertiary alicyclic amines) is 1. The Morgan fingerprint density at radius 2 is 1.98 bits per heavy atom. The summed E-state index contributed by atoms with van der Waals surface area (Å²) in [6, 6.07) is 3.25. The van der Waals surface area contributed by atoms with Crippen molar-refractivity contribution in [2.45, 2.75) is 19.4 Å². The van der Waals surface area contributed by atoms with E-state index in [9.17, 15) is 9.18 Å². The molecule has 42 heavy (non-hydrogen) atoms. The van der Waals surface area contributed by atoms with Crippen LogP contribution in [0.25, 0.3) is 21.8 Å². The number of benzene rings is 1. The predicted octanol–water partition coefficient (Wildman–Crippen LogP) is 4.69. The van der Waals surface area contributed by atoms with E-state index in [1.807, 2.05) is 4.90 Å². The first-order valence-electron chi connectivity index (χ1n) is 13.6. The number of piperazine rings is 1. The van der Waals surface area contributed by atoms with E-state index in [-0.39, 0.29) is 39.8 Å². The predicted molar refractivity (Wildman–Crippen MR) is 158 cm³/mol. The molecule has 5 heterocycles. The third-order valence-corrected chi connectivity index (χ3v) is 8.29. The zero-order valence-corrected chi connectivity index (χ0v) is 24.6. The summed E-state index contributed by atoms with van der Waals surface area (Å²) in [5, 5.41) is 7.62. The van der Waals surface area contributed by atoms with Gasteiger partial charge in [0.2, 0.25) is 11.8 Å². The van der Waals surface area contributed by atoms with E-state index >= 15 is 0 Å². The van der Waals surface area contributed by atoms with E-state index in [1.54, 1.807) is 11.0 Å². The van der Waals surface area contributed by atoms with Crippen LogP contribution in [0, 0.1) is 11.7 Å². The quantitative estimate of drug-likeness (QED) is 0.234. The van der Waals surface area contributed by atoms with Crippen molar-refractivity contribution >= 4 is 56.7 Å². The molecule has 0 saturated carbocycles. The minimum atomic E-state index is -0.684. The maximum atomic E-state index is 14.7. The first-order valence-corrected chi connectivity index (χ1v) is 14.3. The number of halogens is 3. The first-order chi connectivity index (χ1) is 20.2. The molecule has 2 atom stereocenters. The minimum absolute atomic E-state index is 0.00748. The van der Waals surface area contributed by atoms with Gasteiger partial charge in [-0.05, 0) is 31.5 Å². The second-order valence-corrected chi connectivity index (χ2v) is 11.4. The molecule has 1 N–H and O–H groups in total. The molecule has 220 valence electrons. The molecule has 2 aliphatic rings. The van der Waals surface area contributed by atoms with E-state index in [4.69, 9.17) is 37.7 Å². The number of carbonyl (C=O) groups is 1. The van der Waals surface area contributed by atoms with Crippen molar-refractivity contribution in [1.82, 2.24) is 34.9 Å². The summed E-state index contributed by atoms with van der Waals surface area (Å²) in [5.74, 6) is 0.345. The first kappa shape index (κ1) is 28.4. The molecule has 1 amide bonds. The molecule has 0 bridgehead atoms. The van der Waals surface area contributed by atoms with Gasteiger partial charge < -0.3 is 19.3 Å². The van der Waals surface area contributed by atoms with E-state index in [2.05, 4.69) is 45.6 Å². The van der Waals surface area contributed by atoms with Gasteiger partial charge in [-0.15, -0.1) is 0 Å². The molecule has 0 aliphatic carbocycles. The Bertz CT molecular complexity index is 1680. The van der Waals surface area contributed by atoms with Gasteiger partial charge >= 0.3 is 6.01 Å². The Morgan fingerprint density at radius 1 is 1.19 bits per heavy atom. The normalized spacial score (nSPS) is 19.5. The number of hydrogen-bond donors (Lipinski definition) is 1. The second kappa shape index (κ2) is 11.5. The number of hydrogen-bond acceptors (Lipinski definition) is 9.